The Labute approximate surface area is 179 Å². The van der Waals surface area contributed by atoms with E-state index in [1.54, 1.807) is 29.2 Å². The number of hydrogen-bond donors (Lipinski definition) is 0. The van der Waals surface area contributed by atoms with Crippen molar-refractivity contribution in [1.29, 1.82) is 0 Å². The summed E-state index contributed by atoms with van der Waals surface area (Å²) in [5.74, 6) is -0.921. The van der Waals surface area contributed by atoms with E-state index >= 15 is 0 Å². The third-order valence-corrected chi connectivity index (χ3v) is 5.92. The van der Waals surface area contributed by atoms with Crippen LogP contribution in [0.5, 0.6) is 0 Å². The number of carbonyl (C=O) groups excluding carboxylic acids is 3. The lowest BCUT2D eigenvalue weighted by Crippen LogP contribution is -2.52. The summed E-state index contributed by atoms with van der Waals surface area (Å²) in [6.07, 6.45) is 0. The summed E-state index contributed by atoms with van der Waals surface area (Å²) in [5, 5.41) is 9.34. The number of piperazine rings is 1. The van der Waals surface area contributed by atoms with Gasteiger partial charge in [0, 0.05) is 31.9 Å². The Hall–Kier alpha value is -3.75. The fraction of sp³-hybridized carbons (Fsp3) is 0.318. The molecule has 0 aromatic heterocycles. The molecule has 2 unspecified atom stereocenters. The Balaban J connectivity index is 1.22. The van der Waals surface area contributed by atoms with Gasteiger partial charge in [0.25, 0.3) is 11.8 Å². The van der Waals surface area contributed by atoms with Gasteiger partial charge in [-0.3, -0.25) is 19.4 Å². The van der Waals surface area contributed by atoms with Gasteiger partial charge in [0.05, 0.1) is 5.69 Å². The molecule has 158 valence electrons. The Morgan fingerprint density at radius 1 is 0.839 bits per heavy atom. The van der Waals surface area contributed by atoms with E-state index in [-0.39, 0.29) is 12.5 Å². The van der Waals surface area contributed by atoms with E-state index in [2.05, 4.69) is 27.4 Å². The summed E-state index contributed by atoms with van der Waals surface area (Å²) in [5.41, 5.74) is 1.65. The number of imide groups is 1. The van der Waals surface area contributed by atoms with E-state index in [1.165, 1.54) is 5.01 Å². The molecule has 3 aliphatic rings. The van der Waals surface area contributed by atoms with Crippen molar-refractivity contribution in [2.45, 2.75) is 12.1 Å². The number of hydrogen-bond acceptors (Lipinski definition) is 7. The largest absolute Gasteiger partial charge is 0.368 e. The molecule has 5 rings (SSSR count). The quantitative estimate of drug-likeness (QED) is 0.699. The molecule has 0 N–H and O–H groups in total. The van der Waals surface area contributed by atoms with Crippen LogP contribution in [-0.4, -0.2) is 72.4 Å². The molecule has 0 radical (unpaired) electrons. The molecule has 0 saturated carbocycles. The maximum Gasteiger partial charge on any atom is 0.263 e. The maximum atomic E-state index is 13.0. The van der Waals surface area contributed by atoms with Crippen LogP contribution in [0.2, 0.25) is 0 Å². The van der Waals surface area contributed by atoms with Gasteiger partial charge in [-0.1, -0.05) is 41.6 Å². The molecule has 3 aliphatic heterocycles. The average Bonchev–Trinajstić information content (AvgIpc) is 3.34. The number of para-hydroxylation sites is 2. The fourth-order valence-corrected chi connectivity index (χ4v) is 4.28. The molecular weight excluding hydrogens is 396 g/mol. The summed E-state index contributed by atoms with van der Waals surface area (Å²) >= 11 is 0. The molecule has 2 atom stereocenters. The lowest BCUT2D eigenvalue weighted by Gasteiger charge is -2.36. The Morgan fingerprint density at radius 3 is 2.10 bits per heavy atom. The van der Waals surface area contributed by atoms with Crippen LogP contribution in [0.25, 0.3) is 0 Å². The molecule has 31 heavy (non-hydrogen) atoms. The molecule has 2 saturated heterocycles. The van der Waals surface area contributed by atoms with E-state index in [0.29, 0.717) is 18.8 Å². The molecule has 2 aromatic rings. The minimum atomic E-state index is -0.893. The van der Waals surface area contributed by atoms with Crippen molar-refractivity contribution in [1.82, 2.24) is 9.91 Å². The van der Waals surface area contributed by atoms with Crippen molar-refractivity contribution in [3.05, 3.63) is 60.7 Å². The van der Waals surface area contributed by atoms with Crippen molar-refractivity contribution in [2.75, 3.05) is 42.5 Å². The predicted molar refractivity (Wildman–Crippen MR) is 113 cm³/mol. The number of anilines is 2. The zero-order chi connectivity index (χ0) is 21.4. The zero-order valence-corrected chi connectivity index (χ0v) is 16.9. The van der Waals surface area contributed by atoms with Gasteiger partial charge in [0.1, 0.15) is 6.54 Å². The van der Waals surface area contributed by atoms with Crippen LogP contribution >= 0.6 is 0 Å². The number of fused-ring (bicyclic) bond motifs is 1. The zero-order valence-electron chi connectivity index (χ0n) is 16.9. The van der Waals surface area contributed by atoms with Gasteiger partial charge < -0.3 is 9.80 Å². The van der Waals surface area contributed by atoms with Crippen LogP contribution < -0.4 is 9.80 Å². The normalized spacial score (nSPS) is 23.0. The minimum Gasteiger partial charge on any atom is -0.368 e. The Kier molecular flexibility index (Phi) is 4.85. The molecule has 9 heteroatoms. The first-order valence-electron chi connectivity index (χ1n) is 10.3. The van der Waals surface area contributed by atoms with Crippen molar-refractivity contribution < 1.29 is 14.4 Å². The van der Waals surface area contributed by atoms with Crippen molar-refractivity contribution in [2.24, 2.45) is 10.3 Å². The van der Waals surface area contributed by atoms with Crippen molar-refractivity contribution in [3.63, 3.8) is 0 Å². The predicted octanol–water partition coefficient (Wildman–Crippen LogP) is 1.33. The maximum absolute atomic E-state index is 13.0. The molecule has 0 bridgehead atoms. The van der Waals surface area contributed by atoms with Gasteiger partial charge in [0.2, 0.25) is 5.91 Å². The molecule has 0 spiro atoms. The number of carbonyl (C=O) groups is 3. The molecule has 0 aliphatic carbocycles. The van der Waals surface area contributed by atoms with Gasteiger partial charge in [0.15, 0.2) is 12.1 Å². The lowest BCUT2D eigenvalue weighted by molar-refractivity contribution is -0.134. The monoisotopic (exact) mass is 418 g/mol. The van der Waals surface area contributed by atoms with Gasteiger partial charge in [-0.05, 0) is 24.3 Å². The van der Waals surface area contributed by atoms with Gasteiger partial charge in [-0.2, -0.15) is 5.11 Å². The highest BCUT2D eigenvalue weighted by atomic mass is 16.2. The van der Waals surface area contributed by atoms with Gasteiger partial charge in [-0.25, -0.2) is 4.90 Å². The lowest BCUT2D eigenvalue weighted by atomic mass is 10.1. The van der Waals surface area contributed by atoms with Crippen LogP contribution in [0.1, 0.15) is 0 Å². The highest BCUT2D eigenvalue weighted by Crippen LogP contribution is 2.31. The summed E-state index contributed by atoms with van der Waals surface area (Å²) in [6.45, 7) is 2.59. The highest BCUT2D eigenvalue weighted by Gasteiger charge is 2.55. The highest BCUT2D eigenvalue weighted by molar-refractivity contribution is 6.25. The van der Waals surface area contributed by atoms with Crippen molar-refractivity contribution in [3.8, 4) is 0 Å². The van der Waals surface area contributed by atoms with Gasteiger partial charge >= 0.3 is 0 Å². The second kappa shape index (κ2) is 7.82. The van der Waals surface area contributed by atoms with Gasteiger partial charge in [-0.15, -0.1) is 0 Å². The fourth-order valence-electron chi connectivity index (χ4n) is 4.28. The Bertz CT molecular complexity index is 1020. The number of benzene rings is 2. The second-order valence-electron chi connectivity index (χ2n) is 7.74. The molecule has 2 fully saturated rings. The first kappa shape index (κ1) is 19.2. The first-order chi connectivity index (χ1) is 15.1. The summed E-state index contributed by atoms with van der Waals surface area (Å²) in [4.78, 5) is 43.7. The third-order valence-electron chi connectivity index (χ3n) is 5.92. The molecule has 2 aromatic carbocycles. The molecule has 3 heterocycles. The molecular formula is C22H22N6O3. The second-order valence-corrected chi connectivity index (χ2v) is 7.74. The van der Waals surface area contributed by atoms with E-state index in [4.69, 9.17) is 0 Å². The molecule has 3 amide bonds. The van der Waals surface area contributed by atoms with Crippen LogP contribution in [0.3, 0.4) is 0 Å². The van der Waals surface area contributed by atoms with Crippen LogP contribution in [-0.2, 0) is 14.4 Å². The van der Waals surface area contributed by atoms with E-state index in [1.807, 2.05) is 24.3 Å². The van der Waals surface area contributed by atoms with E-state index < -0.39 is 23.9 Å². The topological polar surface area (TPSA) is 88.9 Å². The smallest absolute Gasteiger partial charge is 0.263 e. The SMILES string of the molecule is O=C(CN1N=NC2C(=O)N(c3ccccc3)C(=O)C21)N1CCN(c2ccccc2)CC1. The number of amides is 3. The number of nitrogens with zero attached hydrogens (tertiary/aromatic N) is 6. The van der Waals surface area contributed by atoms with Crippen LogP contribution in [0.4, 0.5) is 11.4 Å². The standard InChI is InChI=1S/C22H22N6O3/c29-18(26-13-11-25(12-14-26)16-7-3-1-4-8-16)15-27-20-19(23-24-27)21(30)28(22(20)31)17-9-5-2-6-10-17/h1-10,19-20H,11-15H2. The summed E-state index contributed by atoms with van der Waals surface area (Å²) < 4.78 is 0. The third kappa shape index (κ3) is 3.41. The summed E-state index contributed by atoms with van der Waals surface area (Å²) in [6, 6.07) is 17.1. The molecule has 9 nitrogen and oxygen atoms in total. The van der Waals surface area contributed by atoms with Crippen LogP contribution in [0, 0.1) is 0 Å². The minimum absolute atomic E-state index is 0.0718. The van der Waals surface area contributed by atoms with E-state index in [9.17, 15) is 14.4 Å². The van der Waals surface area contributed by atoms with Crippen molar-refractivity contribution >= 4 is 29.1 Å². The van der Waals surface area contributed by atoms with E-state index in [0.717, 1.165) is 23.7 Å². The Morgan fingerprint density at radius 2 is 1.45 bits per heavy atom. The first-order valence-corrected chi connectivity index (χ1v) is 10.3. The number of rotatable bonds is 4. The summed E-state index contributed by atoms with van der Waals surface area (Å²) in [7, 11) is 0. The average molecular weight is 418 g/mol. The van der Waals surface area contributed by atoms with Crippen LogP contribution in [0.15, 0.2) is 71.0 Å².